The number of hydrogen-bond acceptors (Lipinski definition) is 3. The number of ether oxygens (including phenoxy) is 1. The second-order valence-electron chi connectivity index (χ2n) is 5.39. The largest absolute Gasteiger partial charge is 0.366 e. The minimum absolute atomic E-state index is 0.00777. The van der Waals surface area contributed by atoms with Gasteiger partial charge in [-0.15, -0.1) is 0 Å². The Balaban J connectivity index is 2.49. The molecular formula is C12H22N2O3. The molecule has 5 heteroatoms. The Morgan fingerprint density at radius 1 is 1.35 bits per heavy atom. The van der Waals surface area contributed by atoms with E-state index in [2.05, 4.69) is 0 Å². The summed E-state index contributed by atoms with van der Waals surface area (Å²) in [7, 11) is 1.77. The fourth-order valence-electron chi connectivity index (χ4n) is 1.57. The SMILES string of the molecule is CN1CCCN(C(=O)COC(C)(C)C)CC1=O. The number of amides is 2. The molecule has 0 aromatic carbocycles. The van der Waals surface area contributed by atoms with Gasteiger partial charge in [0.2, 0.25) is 11.8 Å². The van der Waals surface area contributed by atoms with E-state index < -0.39 is 0 Å². The fraction of sp³-hybridized carbons (Fsp3) is 0.833. The van der Waals surface area contributed by atoms with Crippen LogP contribution in [0.2, 0.25) is 0 Å². The highest BCUT2D eigenvalue weighted by molar-refractivity contribution is 5.85. The van der Waals surface area contributed by atoms with Crippen LogP contribution in [0.15, 0.2) is 0 Å². The van der Waals surface area contributed by atoms with E-state index in [0.29, 0.717) is 13.1 Å². The van der Waals surface area contributed by atoms with Crippen molar-refractivity contribution < 1.29 is 14.3 Å². The molecule has 2 amide bonds. The summed E-state index contributed by atoms with van der Waals surface area (Å²) in [6, 6.07) is 0. The maximum atomic E-state index is 11.9. The zero-order valence-electron chi connectivity index (χ0n) is 11.2. The van der Waals surface area contributed by atoms with Gasteiger partial charge in [0.25, 0.3) is 0 Å². The molecule has 0 saturated carbocycles. The highest BCUT2D eigenvalue weighted by atomic mass is 16.5. The van der Waals surface area contributed by atoms with E-state index >= 15 is 0 Å². The first-order chi connectivity index (χ1) is 7.79. The summed E-state index contributed by atoms with van der Waals surface area (Å²) in [5.74, 6) is -0.116. The minimum atomic E-state index is -0.331. The lowest BCUT2D eigenvalue weighted by Gasteiger charge is -2.23. The van der Waals surface area contributed by atoms with Crippen molar-refractivity contribution in [3.8, 4) is 0 Å². The Kier molecular flexibility index (Phi) is 4.51. The molecule has 0 atom stereocenters. The molecule has 0 aliphatic carbocycles. The summed E-state index contributed by atoms with van der Waals surface area (Å²) in [5, 5.41) is 0. The molecule has 0 aromatic rings. The van der Waals surface area contributed by atoms with Crippen LogP contribution in [0.1, 0.15) is 27.2 Å². The van der Waals surface area contributed by atoms with Crippen LogP contribution in [0.25, 0.3) is 0 Å². The molecule has 0 N–H and O–H groups in total. The van der Waals surface area contributed by atoms with Crippen LogP contribution in [-0.2, 0) is 14.3 Å². The number of nitrogens with zero attached hydrogens (tertiary/aromatic N) is 2. The van der Waals surface area contributed by atoms with Crippen molar-refractivity contribution in [2.45, 2.75) is 32.8 Å². The number of likely N-dealkylation sites (N-methyl/N-ethyl adjacent to an activating group) is 1. The standard InChI is InChI=1S/C12H22N2O3/c1-12(2,3)17-9-11(16)14-7-5-6-13(4)10(15)8-14/h5-9H2,1-4H3. The molecule has 0 bridgehead atoms. The van der Waals surface area contributed by atoms with Crippen LogP contribution in [-0.4, -0.2) is 60.5 Å². The van der Waals surface area contributed by atoms with E-state index in [-0.39, 0.29) is 30.6 Å². The first-order valence-corrected chi connectivity index (χ1v) is 5.95. The van der Waals surface area contributed by atoms with Crippen molar-refractivity contribution in [1.82, 2.24) is 9.80 Å². The van der Waals surface area contributed by atoms with Gasteiger partial charge in [-0.05, 0) is 27.2 Å². The van der Waals surface area contributed by atoms with Crippen LogP contribution in [0.4, 0.5) is 0 Å². The van der Waals surface area contributed by atoms with Crippen molar-refractivity contribution in [3.05, 3.63) is 0 Å². The zero-order valence-corrected chi connectivity index (χ0v) is 11.2. The Labute approximate surface area is 103 Å². The fourth-order valence-corrected chi connectivity index (χ4v) is 1.57. The van der Waals surface area contributed by atoms with Crippen LogP contribution in [0.5, 0.6) is 0 Å². The van der Waals surface area contributed by atoms with Crippen LogP contribution < -0.4 is 0 Å². The van der Waals surface area contributed by atoms with E-state index in [1.54, 1.807) is 16.8 Å². The summed E-state index contributed by atoms with van der Waals surface area (Å²) in [4.78, 5) is 26.7. The van der Waals surface area contributed by atoms with Crippen molar-refractivity contribution in [2.24, 2.45) is 0 Å². The van der Waals surface area contributed by atoms with Crippen molar-refractivity contribution in [1.29, 1.82) is 0 Å². The molecule has 1 aliphatic heterocycles. The summed E-state index contributed by atoms with van der Waals surface area (Å²) in [6.45, 7) is 7.26. The van der Waals surface area contributed by atoms with Crippen molar-refractivity contribution in [2.75, 3.05) is 33.3 Å². The molecular weight excluding hydrogens is 220 g/mol. The minimum Gasteiger partial charge on any atom is -0.366 e. The smallest absolute Gasteiger partial charge is 0.249 e. The Morgan fingerprint density at radius 2 is 2.00 bits per heavy atom. The number of rotatable bonds is 2. The number of carbonyl (C=O) groups is 2. The topological polar surface area (TPSA) is 49.9 Å². The summed E-state index contributed by atoms with van der Waals surface area (Å²) in [5.41, 5.74) is -0.331. The lowest BCUT2D eigenvalue weighted by Crippen LogP contribution is -2.40. The van der Waals surface area contributed by atoms with Crippen LogP contribution in [0.3, 0.4) is 0 Å². The van der Waals surface area contributed by atoms with Crippen LogP contribution >= 0.6 is 0 Å². The van der Waals surface area contributed by atoms with Gasteiger partial charge in [-0.1, -0.05) is 0 Å². The number of carbonyl (C=O) groups excluding carboxylic acids is 2. The van der Waals surface area contributed by atoms with Gasteiger partial charge in [0.1, 0.15) is 6.61 Å². The van der Waals surface area contributed by atoms with Gasteiger partial charge in [-0.3, -0.25) is 9.59 Å². The number of hydrogen-bond donors (Lipinski definition) is 0. The first kappa shape index (κ1) is 14.0. The molecule has 1 heterocycles. The molecule has 0 radical (unpaired) electrons. The van der Waals surface area contributed by atoms with Gasteiger partial charge < -0.3 is 14.5 Å². The van der Waals surface area contributed by atoms with E-state index in [9.17, 15) is 9.59 Å². The molecule has 17 heavy (non-hydrogen) atoms. The molecule has 0 spiro atoms. The molecule has 0 unspecified atom stereocenters. The second-order valence-corrected chi connectivity index (χ2v) is 5.39. The van der Waals surface area contributed by atoms with Gasteiger partial charge in [0, 0.05) is 20.1 Å². The van der Waals surface area contributed by atoms with Crippen molar-refractivity contribution >= 4 is 11.8 Å². The Bertz CT molecular complexity index is 297. The highest BCUT2D eigenvalue weighted by Gasteiger charge is 2.23. The quantitative estimate of drug-likeness (QED) is 0.708. The third-order valence-electron chi connectivity index (χ3n) is 2.65. The van der Waals surface area contributed by atoms with Gasteiger partial charge in [-0.2, -0.15) is 0 Å². The Hall–Kier alpha value is -1.10. The van der Waals surface area contributed by atoms with Crippen LogP contribution in [0, 0.1) is 0 Å². The van der Waals surface area contributed by atoms with E-state index in [1.165, 1.54) is 0 Å². The molecule has 0 aromatic heterocycles. The molecule has 98 valence electrons. The normalized spacial score (nSPS) is 18.2. The van der Waals surface area contributed by atoms with E-state index in [0.717, 1.165) is 6.42 Å². The summed E-state index contributed by atoms with van der Waals surface area (Å²) in [6.07, 6.45) is 0.823. The first-order valence-electron chi connectivity index (χ1n) is 5.95. The van der Waals surface area contributed by atoms with Gasteiger partial charge in [0.05, 0.1) is 12.1 Å². The predicted octanol–water partition coefficient (Wildman–Crippen LogP) is 0.492. The molecule has 1 rings (SSSR count). The van der Waals surface area contributed by atoms with E-state index in [4.69, 9.17) is 4.74 Å². The maximum Gasteiger partial charge on any atom is 0.249 e. The highest BCUT2D eigenvalue weighted by Crippen LogP contribution is 2.08. The average molecular weight is 242 g/mol. The third kappa shape index (κ3) is 4.73. The van der Waals surface area contributed by atoms with E-state index in [1.807, 2.05) is 20.8 Å². The molecule has 1 saturated heterocycles. The maximum absolute atomic E-state index is 11.9. The zero-order chi connectivity index (χ0) is 13.1. The summed E-state index contributed by atoms with van der Waals surface area (Å²) < 4.78 is 5.43. The molecule has 1 fully saturated rings. The Morgan fingerprint density at radius 3 is 2.59 bits per heavy atom. The molecule has 1 aliphatic rings. The lowest BCUT2D eigenvalue weighted by molar-refractivity contribution is -0.144. The average Bonchev–Trinajstić information content (AvgIpc) is 2.37. The predicted molar refractivity (Wildman–Crippen MR) is 64.5 cm³/mol. The van der Waals surface area contributed by atoms with Gasteiger partial charge in [-0.25, -0.2) is 0 Å². The van der Waals surface area contributed by atoms with Crippen molar-refractivity contribution in [3.63, 3.8) is 0 Å². The third-order valence-corrected chi connectivity index (χ3v) is 2.65. The lowest BCUT2D eigenvalue weighted by atomic mass is 10.2. The monoisotopic (exact) mass is 242 g/mol. The second kappa shape index (κ2) is 5.49. The molecule has 5 nitrogen and oxygen atoms in total. The van der Waals surface area contributed by atoms with Gasteiger partial charge in [0.15, 0.2) is 0 Å². The summed E-state index contributed by atoms with van der Waals surface area (Å²) >= 11 is 0. The van der Waals surface area contributed by atoms with Gasteiger partial charge >= 0.3 is 0 Å².